The molecule has 1 rings (SSSR count). The number of nitrogens with one attached hydrogen (secondary N) is 1. The van der Waals surface area contributed by atoms with Gasteiger partial charge in [-0.1, -0.05) is 13.8 Å². The summed E-state index contributed by atoms with van der Waals surface area (Å²) < 4.78 is 0. The lowest BCUT2D eigenvalue weighted by atomic mass is 9.82. The van der Waals surface area contributed by atoms with E-state index in [4.69, 9.17) is 5.11 Å². The van der Waals surface area contributed by atoms with Crippen molar-refractivity contribution in [1.29, 1.82) is 0 Å². The highest BCUT2D eigenvalue weighted by Crippen LogP contribution is 2.27. The Labute approximate surface area is 113 Å². The minimum atomic E-state index is -0.913. The molecule has 1 aliphatic carbocycles. The van der Waals surface area contributed by atoms with E-state index in [9.17, 15) is 14.7 Å². The third-order valence-corrected chi connectivity index (χ3v) is 3.60. The first-order valence-corrected chi connectivity index (χ1v) is 6.71. The van der Waals surface area contributed by atoms with E-state index in [1.165, 1.54) is 0 Å². The molecule has 0 saturated heterocycles. The second-order valence-electron chi connectivity index (χ2n) is 5.77. The van der Waals surface area contributed by atoms with Crippen LogP contribution in [0.4, 0.5) is 4.79 Å². The molecule has 1 unspecified atom stereocenters. The van der Waals surface area contributed by atoms with Gasteiger partial charge < -0.3 is 20.4 Å². The summed E-state index contributed by atoms with van der Waals surface area (Å²) in [5.41, 5.74) is 0. The van der Waals surface area contributed by atoms with Crippen LogP contribution in [-0.4, -0.2) is 52.9 Å². The molecule has 0 heterocycles. The number of carboxylic acids is 1. The maximum absolute atomic E-state index is 12.0. The van der Waals surface area contributed by atoms with Crippen molar-refractivity contribution in [2.24, 2.45) is 11.8 Å². The van der Waals surface area contributed by atoms with Gasteiger partial charge in [-0.3, -0.25) is 4.79 Å². The molecule has 0 aromatic heterocycles. The van der Waals surface area contributed by atoms with Gasteiger partial charge in [0.05, 0.1) is 12.5 Å². The van der Waals surface area contributed by atoms with E-state index in [1.807, 2.05) is 13.8 Å². The lowest BCUT2D eigenvalue weighted by Crippen LogP contribution is -2.48. The average molecular weight is 272 g/mol. The zero-order chi connectivity index (χ0) is 14.6. The average Bonchev–Trinajstić information content (AvgIpc) is 2.24. The normalized spacial score (nSPS) is 23.6. The van der Waals surface area contributed by atoms with Gasteiger partial charge in [0, 0.05) is 19.6 Å². The maximum Gasteiger partial charge on any atom is 0.317 e. The number of hydrogen-bond donors (Lipinski definition) is 3. The largest absolute Gasteiger partial charge is 0.481 e. The minimum absolute atomic E-state index is 0.0685. The van der Waals surface area contributed by atoms with Crippen molar-refractivity contribution in [2.45, 2.75) is 45.3 Å². The van der Waals surface area contributed by atoms with Crippen molar-refractivity contribution in [3.05, 3.63) is 0 Å². The molecule has 1 aliphatic rings. The molecular weight excluding hydrogens is 248 g/mol. The molecule has 2 amide bonds. The molecule has 0 spiro atoms. The second kappa shape index (κ2) is 6.75. The summed E-state index contributed by atoms with van der Waals surface area (Å²) in [5, 5.41) is 20.8. The molecule has 0 aromatic rings. The van der Waals surface area contributed by atoms with Crippen LogP contribution in [0.3, 0.4) is 0 Å². The number of carboxylic acid groups (broad SMARTS) is 1. The number of carbonyl (C=O) groups is 2. The van der Waals surface area contributed by atoms with Crippen LogP contribution >= 0.6 is 0 Å². The van der Waals surface area contributed by atoms with Gasteiger partial charge in [-0.25, -0.2) is 4.79 Å². The third kappa shape index (κ3) is 5.06. The summed E-state index contributed by atoms with van der Waals surface area (Å²) in [6, 6.07) is -0.610. The predicted octanol–water partition coefficient (Wildman–Crippen LogP) is 0.898. The first-order chi connectivity index (χ1) is 8.79. The predicted molar refractivity (Wildman–Crippen MR) is 70.8 cm³/mol. The Morgan fingerprint density at radius 2 is 1.95 bits per heavy atom. The molecule has 1 saturated carbocycles. The standard InChI is InChI=1S/C13H24N2O4/c1-8(2)11(6-12(17)18)14-13(19)15(3)7-9-4-10(16)5-9/h8-11,16H,4-7H2,1-3H3,(H,14,19)(H,17,18). The van der Waals surface area contributed by atoms with Crippen LogP contribution in [0.15, 0.2) is 0 Å². The fourth-order valence-corrected chi connectivity index (χ4v) is 2.23. The number of urea groups is 1. The zero-order valence-corrected chi connectivity index (χ0v) is 11.8. The lowest BCUT2D eigenvalue weighted by molar-refractivity contribution is -0.137. The smallest absolute Gasteiger partial charge is 0.317 e. The number of amides is 2. The van der Waals surface area contributed by atoms with Crippen molar-refractivity contribution >= 4 is 12.0 Å². The van der Waals surface area contributed by atoms with Crippen molar-refractivity contribution < 1.29 is 19.8 Å². The van der Waals surface area contributed by atoms with E-state index in [0.29, 0.717) is 12.5 Å². The quantitative estimate of drug-likeness (QED) is 0.670. The number of aliphatic carboxylic acids is 1. The maximum atomic E-state index is 12.0. The number of nitrogens with zero attached hydrogens (tertiary/aromatic N) is 1. The second-order valence-corrected chi connectivity index (χ2v) is 5.77. The first kappa shape index (κ1) is 15.8. The van der Waals surface area contributed by atoms with E-state index in [-0.39, 0.29) is 30.5 Å². The Kier molecular flexibility index (Phi) is 5.60. The third-order valence-electron chi connectivity index (χ3n) is 3.60. The van der Waals surface area contributed by atoms with Gasteiger partial charge >= 0.3 is 12.0 Å². The Balaban J connectivity index is 2.40. The van der Waals surface area contributed by atoms with Gasteiger partial charge in [-0.15, -0.1) is 0 Å². The number of aliphatic hydroxyl groups is 1. The van der Waals surface area contributed by atoms with E-state index < -0.39 is 5.97 Å². The monoisotopic (exact) mass is 272 g/mol. The van der Waals surface area contributed by atoms with Gasteiger partial charge in [0.15, 0.2) is 0 Å². The van der Waals surface area contributed by atoms with Crippen LogP contribution in [-0.2, 0) is 4.79 Å². The molecule has 0 bridgehead atoms. The summed E-state index contributed by atoms with van der Waals surface area (Å²) in [6.45, 7) is 4.37. The summed E-state index contributed by atoms with van der Waals surface area (Å²) >= 11 is 0. The van der Waals surface area contributed by atoms with Crippen molar-refractivity contribution in [3.8, 4) is 0 Å². The SMILES string of the molecule is CC(C)C(CC(=O)O)NC(=O)N(C)CC1CC(O)C1. The van der Waals surface area contributed by atoms with E-state index in [2.05, 4.69) is 5.32 Å². The fraction of sp³-hybridized carbons (Fsp3) is 0.846. The Morgan fingerprint density at radius 3 is 2.37 bits per heavy atom. The Hall–Kier alpha value is -1.30. The van der Waals surface area contributed by atoms with Crippen LogP contribution in [0.5, 0.6) is 0 Å². The van der Waals surface area contributed by atoms with Crippen LogP contribution in [0, 0.1) is 11.8 Å². The lowest BCUT2D eigenvalue weighted by Gasteiger charge is -2.35. The van der Waals surface area contributed by atoms with Crippen molar-refractivity contribution in [1.82, 2.24) is 10.2 Å². The Bertz CT molecular complexity index is 327. The number of hydrogen-bond acceptors (Lipinski definition) is 3. The highest BCUT2D eigenvalue weighted by atomic mass is 16.4. The summed E-state index contributed by atoms with van der Waals surface area (Å²) in [4.78, 5) is 24.3. The van der Waals surface area contributed by atoms with Crippen LogP contribution in [0.25, 0.3) is 0 Å². The van der Waals surface area contributed by atoms with Crippen LogP contribution < -0.4 is 5.32 Å². The van der Waals surface area contributed by atoms with E-state index >= 15 is 0 Å². The number of carbonyl (C=O) groups excluding carboxylic acids is 1. The molecule has 19 heavy (non-hydrogen) atoms. The Morgan fingerprint density at radius 1 is 1.37 bits per heavy atom. The van der Waals surface area contributed by atoms with Gasteiger partial charge in [-0.2, -0.15) is 0 Å². The molecule has 110 valence electrons. The molecule has 1 atom stereocenters. The highest BCUT2D eigenvalue weighted by molar-refractivity contribution is 5.75. The van der Waals surface area contributed by atoms with Gasteiger partial charge in [-0.05, 0) is 24.7 Å². The zero-order valence-electron chi connectivity index (χ0n) is 11.8. The topological polar surface area (TPSA) is 89.9 Å². The fourth-order valence-electron chi connectivity index (χ4n) is 2.23. The summed E-state index contributed by atoms with van der Waals surface area (Å²) in [5.74, 6) is -0.495. The van der Waals surface area contributed by atoms with E-state index in [0.717, 1.165) is 12.8 Å². The minimum Gasteiger partial charge on any atom is -0.481 e. The molecule has 3 N–H and O–H groups in total. The highest BCUT2D eigenvalue weighted by Gasteiger charge is 2.29. The molecule has 0 aromatic carbocycles. The molecule has 0 radical (unpaired) electrons. The molecule has 6 heteroatoms. The van der Waals surface area contributed by atoms with Gasteiger partial charge in [0.2, 0.25) is 0 Å². The van der Waals surface area contributed by atoms with Crippen LogP contribution in [0.2, 0.25) is 0 Å². The molecular formula is C13H24N2O4. The molecule has 0 aliphatic heterocycles. The number of rotatable bonds is 6. The molecule has 6 nitrogen and oxygen atoms in total. The molecule has 1 fully saturated rings. The van der Waals surface area contributed by atoms with Gasteiger partial charge in [0.1, 0.15) is 0 Å². The van der Waals surface area contributed by atoms with Gasteiger partial charge in [0.25, 0.3) is 0 Å². The van der Waals surface area contributed by atoms with E-state index in [1.54, 1.807) is 11.9 Å². The summed E-state index contributed by atoms with van der Waals surface area (Å²) in [7, 11) is 1.69. The van der Waals surface area contributed by atoms with Crippen molar-refractivity contribution in [2.75, 3.05) is 13.6 Å². The summed E-state index contributed by atoms with van der Waals surface area (Å²) in [6.07, 6.45) is 1.18. The van der Waals surface area contributed by atoms with Crippen LogP contribution in [0.1, 0.15) is 33.1 Å². The number of aliphatic hydroxyl groups excluding tert-OH is 1. The first-order valence-electron chi connectivity index (χ1n) is 6.71. The van der Waals surface area contributed by atoms with Crippen molar-refractivity contribution in [3.63, 3.8) is 0 Å².